The Morgan fingerprint density at radius 3 is 2.93 bits per heavy atom. The number of fused-ring (bicyclic) bond motifs is 1. The van der Waals surface area contributed by atoms with Gasteiger partial charge in [0.05, 0.1) is 17.9 Å². The molecule has 0 saturated carbocycles. The largest absolute Gasteiger partial charge is 0.462 e. The average molecular weight is 413 g/mol. The molecule has 2 heterocycles. The van der Waals surface area contributed by atoms with Gasteiger partial charge in [-0.3, -0.25) is 9.32 Å². The number of thiophene rings is 1. The summed E-state index contributed by atoms with van der Waals surface area (Å²) >= 11 is 2.51. The Bertz CT molecular complexity index is 914. The van der Waals surface area contributed by atoms with E-state index >= 15 is 0 Å². The second kappa shape index (κ2) is 8.30. The third-order valence-electron chi connectivity index (χ3n) is 4.34. The van der Waals surface area contributed by atoms with Crippen molar-refractivity contribution in [2.24, 2.45) is 13.0 Å². The van der Waals surface area contributed by atoms with Gasteiger partial charge >= 0.3 is 16.6 Å². The first-order valence-corrected chi connectivity index (χ1v) is 10.5. The molecule has 10 heteroatoms. The minimum absolute atomic E-state index is 0.0255. The number of nitrogens with one attached hydrogen (secondary N) is 2. The van der Waals surface area contributed by atoms with Crippen molar-refractivity contribution in [2.75, 3.05) is 17.7 Å². The summed E-state index contributed by atoms with van der Waals surface area (Å²) in [6, 6.07) is 0. The van der Waals surface area contributed by atoms with E-state index < -0.39 is 11.6 Å². The Morgan fingerprint density at radius 2 is 2.26 bits per heavy atom. The van der Waals surface area contributed by atoms with Crippen molar-refractivity contribution in [2.45, 2.75) is 38.1 Å². The van der Waals surface area contributed by atoms with Crippen molar-refractivity contribution >= 4 is 40.0 Å². The molecule has 3 rings (SSSR count). The first kappa shape index (κ1) is 19.7. The van der Waals surface area contributed by atoms with Crippen LogP contribution >= 0.6 is 23.1 Å². The molecular formula is C17H22N3O5S2+. The number of H-pyrrole nitrogens is 1. The highest BCUT2D eigenvalue weighted by molar-refractivity contribution is 7.99. The van der Waals surface area contributed by atoms with Gasteiger partial charge in [-0.15, -0.1) is 11.3 Å². The molecule has 0 bridgehead atoms. The molecule has 1 aliphatic rings. The van der Waals surface area contributed by atoms with Gasteiger partial charge in [0.25, 0.3) is 0 Å². The van der Waals surface area contributed by atoms with Crippen LogP contribution in [0.1, 0.15) is 41.1 Å². The van der Waals surface area contributed by atoms with E-state index in [1.54, 1.807) is 14.0 Å². The van der Waals surface area contributed by atoms with Crippen LogP contribution in [0.2, 0.25) is 0 Å². The third-order valence-corrected chi connectivity index (χ3v) is 6.63. The lowest BCUT2D eigenvalue weighted by atomic mass is 9.88. The van der Waals surface area contributed by atoms with E-state index in [0.717, 1.165) is 41.5 Å². The lowest BCUT2D eigenvalue weighted by molar-refractivity contribution is -0.772. The maximum Gasteiger partial charge on any atom is 0.441 e. The van der Waals surface area contributed by atoms with Gasteiger partial charge in [0.1, 0.15) is 5.00 Å². The second-order valence-electron chi connectivity index (χ2n) is 6.46. The Hall–Kier alpha value is -2.07. The van der Waals surface area contributed by atoms with Crippen molar-refractivity contribution in [1.29, 1.82) is 0 Å². The number of rotatable bonds is 6. The van der Waals surface area contributed by atoms with E-state index in [-0.39, 0.29) is 18.3 Å². The highest BCUT2D eigenvalue weighted by atomic mass is 32.2. The van der Waals surface area contributed by atoms with E-state index in [1.807, 2.05) is 0 Å². The first-order chi connectivity index (χ1) is 12.9. The zero-order chi connectivity index (χ0) is 19.6. The van der Waals surface area contributed by atoms with E-state index in [2.05, 4.69) is 22.0 Å². The highest BCUT2D eigenvalue weighted by Crippen LogP contribution is 2.40. The SMILES string of the molecule is CCOC(=O)c1c(NC(=O)CSc2c(=O)o[nH][n+]2C)sc2c1CCC(C)C2. The van der Waals surface area contributed by atoms with Crippen LogP contribution in [0.3, 0.4) is 0 Å². The van der Waals surface area contributed by atoms with Crippen LogP contribution in [0.5, 0.6) is 0 Å². The van der Waals surface area contributed by atoms with Gasteiger partial charge in [-0.05, 0) is 54.7 Å². The molecule has 0 fully saturated rings. The fraction of sp³-hybridized carbons (Fsp3) is 0.529. The van der Waals surface area contributed by atoms with Crippen LogP contribution in [-0.4, -0.2) is 29.5 Å². The van der Waals surface area contributed by atoms with Crippen LogP contribution in [0.15, 0.2) is 14.3 Å². The summed E-state index contributed by atoms with van der Waals surface area (Å²) < 4.78 is 11.3. The zero-order valence-electron chi connectivity index (χ0n) is 15.4. The first-order valence-electron chi connectivity index (χ1n) is 8.72. The number of aromatic nitrogens is 2. The minimum atomic E-state index is -0.525. The monoisotopic (exact) mass is 412 g/mol. The Labute approximate surface area is 164 Å². The molecule has 1 aliphatic carbocycles. The molecule has 2 aromatic heterocycles. The quantitative estimate of drug-likeness (QED) is 0.426. The van der Waals surface area contributed by atoms with Crippen LogP contribution < -0.4 is 15.6 Å². The maximum absolute atomic E-state index is 12.5. The third kappa shape index (κ3) is 4.27. The normalized spacial score (nSPS) is 16.0. The molecule has 146 valence electrons. The van der Waals surface area contributed by atoms with Gasteiger partial charge < -0.3 is 10.1 Å². The summed E-state index contributed by atoms with van der Waals surface area (Å²) in [4.78, 5) is 37.6. The van der Waals surface area contributed by atoms with Gasteiger partial charge in [0.2, 0.25) is 5.91 Å². The zero-order valence-corrected chi connectivity index (χ0v) is 17.1. The second-order valence-corrected chi connectivity index (χ2v) is 8.53. The predicted molar refractivity (Wildman–Crippen MR) is 101 cm³/mol. The van der Waals surface area contributed by atoms with Crippen LogP contribution in [0, 0.1) is 5.92 Å². The molecule has 2 aromatic rings. The van der Waals surface area contributed by atoms with E-state index in [9.17, 15) is 14.4 Å². The molecular weight excluding hydrogens is 390 g/mol. The summed E-state index contributed by atoms with van der Waals surface area (Å²) in [7, 11) is 1.62. The summed E-state index contributed by atoms with van der Waals surface area (Å²) in [6.07, 6.45) is 2.72. The van der Waals surface area contributed by atoms with E-state index in [0.29, 0.717) is 21.5 Å². The number of carbonyl (C=O) groups excluding carboxylic acids is 2. The fourth-order valence-corrected chi connectivity index (χ4v) is 5.19. The van der Waals surface area contributed by atoms with Crippen LogP contribution in [0.25, 0.3) is 0 Å². The molecule has 0 radical (unpaired) electrons. The Kier molecular flexibility index (Phi) is 6.05. The molecule has 0 aromatic carbocycles. The van der Waals surface area contributed by atoms with Crippen molar-refractivity contribution in [3.05, 3.63) is 26.4 Å². The molecule has 0 spiro atoms. The smallest absolute Gasteiger partial charge is 0.441 e. The van der Waals surface area contributed by atoms with Crippen molar-refractivity contribution in [3.8, 4) is 0 Å². The number of carbonyl (C=O) groups is 2. The number of amides is 1. The van der Waals surface area contributed by atoms with Gasteiger partial charge in [0, 0.05) is 4.88 Å². The number of aromatic amines is 1. The number of ether oxygens (including phenoxy) is 1. The van der Waals surface area contributed by atoms with Crippen molar-refractivity contribution < 1.29 is 23.5 Å². The lowest BCUT2D eigenvalue weighted by Gasteiger charge is -2.18. The van der Waals surface area contributed by atoms with Gasteiger partial charge in [-0.25, -0.2) is 9.59 Å². The molecule has 0 aliphatic heterocycles. The minimum Gasteiger partial charge on any atom is -0.462 e. The summed E-state index contributed by atoms with van der Waals surface area (Å²) in [6.45, 7) is 4.23. The highest BCUT2D eigenvalue weighted by Gasteiger charge is 2.29. The van der Waals surface area contributed by atoms with E-state index in [4.69, 9.17) is 4.74 Å². The number of aryl methyl sites for hydroxylation is 1. The summed E-state index contributed by atoms with van der Waals surface area (Å²) in [5.41, 5.74) is 0.953. The van der Waals surface area contributed by atoms with E-state index in [1.165, 1.54) is 16.0 Å². The molecule has 2 N–H and O–H groups in total. The topological polar surface area (TPSA) is 105 Å². The number of esters is 1. The molecule has 1 atom stereocenters. The molecule has 8 nitrogen and oxygen atoms in total. The van der Waals surface area contributed by atoms with Gasteiger partial charge in [-0.2, -0.15) is 0 Å². The van der Waals surface area contributed by atoms with Crippen molar-refractivity contribution in [3.63, 3.8) is 0 Å². The lowest BCUT2D eigenvalue weighted by Crippen LogP contribution is -2.34. The van der Waals surface area contributed by atoms with Gasteiger partial charge in [-0.1, -0.05) is 11.6 Å². The Balaban J connectivity index is 1.78. The summed E-state index contributed by atoms with van der Waals surface area (Å²) in [5, 5.41) is 6.06. The maximum atomic E-state index is 12.5. The molecule has 27 heavy (non-hydrogen) atoms. The Morgan fingerprint density at radius 1 is 1.48 bits per heavy atom. The number of hydrogen-bond acceptors (Lipinski definition) is 7. The molecule has 0 saturated heterocycles. The number of hydrogen-bond donors (Lipinski definition) is 2. The predicted octanol–water partition coefficient (Wildman–Crippen LogP) is 1.89. The van der Waals surface area contributed by atoms with Gasteiger partial charge in [0.15, 0.2) is 7.05 Å². The van der Waals surface area contributed by atoms with Crippen LogP contribution in [0.4, 0.5) is 5.00 Å². The average Bonchev–Trinajstić information content (AvgIpc) is 3.12. The number of thioether (sulfide) groups is 1. The number of anilines is 1. The van der Waals surface area contributed by atoms with Crippen LogP contribution in [-0.2, 0) is 29.4 Å². The fourth-order valence-electron chi connectivity index (χ4n) is 3.04. The number of nitrogens with zero attached hydrogens (tertiary/aromatic N) is 1. The molecule has 1 unspecified atom stereocenters. The summed E-state index contributed by atoms with van der Waals surface area (Å²) in [5.74, 6) is -0.112. The standard InChI is InChI=1S/C17H21N3O5S2/c1-4-24-16(22)13-10-6-5-9(2)7-11(10)27-14(13)18-12(21)8-26-15-17(23)25-19-20(15)3/h9H,4-8H2,1-3H3,(H-,18,19,21,22,23)/p+1. The molecule has 1 amide bonds. The van der Waals surface area contributed by atoms with Crippen molar-refractivity contribution in [1.82, 2.24) is 5.27 Å².